The molecule has 0 amide bonds. The summed E-state index contributed by atoms with van der Waals surface area (Å²) in [5, 5.41) is 10.5. The Hall–Kier alpha value is -0.910. The first-order chi connectivity index (χ1) is 9.88. The van der Waals surface area contributed by atoms with Gasteiger partial charge in [-0.05, 0) is 24.5 Å². The maximum atomic E-state index is 10.8. The summed E-state index contributed by atoms with van der Waals surface area (Å²) in [5.41, 5.74) is 1.62. The molecule has 0 atom stereocenters. The minimum atomic E-state index is -0.862. The first-order valence-corrected chi connectivity index (χ1v) is 8.32. The monoisotopic (exact) mass is 346 g/mol. The van der Waals surface area contributed by atoms with Crippen LogP contribution in [0.15, 0.2) is 17.3 Å². The average Bonchev–Trinajstić information content (AvgIpc) is 2.71. The van der Waals surface area contributed by atoms with Gasteiger partial charge in [0.05, 0.1) is 26.8 Å². The number of carbonyl (C=O) groups is 1. The van der Waals surface area contributed by atoms with Gasteiger partial charge >= 0.3 is 5.97 Å². The molecule has 0 spiro atoms. The molecule has 0 bridgehead atoms. The molecule has 0 saturated heterocycles. The Morgan fingerprint density at radius 2 is 2.05 bits per heavy atom. The summed E-state index contributed by atoms with van der Waals surface area (Å²) in [6.07, 6.45) is 0.979. The molecule has 0 aliphatic heterocycles. The van der Waals surface area contributed by atoms with Crippen molar-refractivity contribution < 1.29 is 9.90 Å². The van der Waals surface area contributed by atoms with Crippen molar-refractivity contribution in [2.45, 2.75) is 32.0 Å². The Morgan fingerprint density at radius 1 is 1.38 bits per heavy atom. The predicted octanol–water partition coefficient (Wildman–Crippen LogP) is 4.57. The van der Waals surface area contributed by atoms with Gasteiger partial charge in [-0.15, -0.1) is 0 Å². The number of carboxylic acid groups (broad SMARTS) is 1. The van der Waals surface area contributed by atoms with Crippen LogP contribution in [0.1, 0.15) is 20.3 Å². The molecule has 0 aliphatic rings. The van der Waals surface area contributed by atoms with E-state index in [0.717, 1.165) is 24.0 Å². The zero-order chi connectivity index (χ0) is 15.6. The molecule has 0 radical (unpaired) electrons. The van der Waals surface area contributed by atoms with E-state index in [0.29, 0.717) is 21.1 Å². The van der Waals surface area contributed by atoms with Gasteiger partial charge in [0.25, 0.3) is 0 Å². The van der Waals surface area contributed by atoms with Gasteiger partial charge in [-0.25, -0.2) is 4.98 Å². The number of aryl methyl sites for hydroxylation is 1. The summed E-state index contributed by atoms with van der Waals surface area (Å²) in [5.74, 6) is -0.340. The first-order valence-electron chi connectivity index (χ1n) is 6.58. The topological polar surface area (TPSA) is 55.1 Å². The number of halogens is 2. The Labute approximate surface area is 137 Å². The molecule has 1 aromatic heterocycles. The second-order valence-electron chi connectivity index (χ2n) is 5.17. The molecule has 21 heavy (non-hydrogen) atoms. The van der Waals surface area contributed by atoms with E-state index in [4.69, 9.17) is 28.3 Å². The standard InChI is InChI=1S/C14H16Cl2N2O2S/c1-8(2)3-4-18-12-6-10(16)9(15)5-11(12)17-14(18)21-7-13(19)20/h5-6,8H,3-4,7H2,1-2H3,(H,19,20). The van der Waals surface area contributed by atoms with Gasteiger partial charge in [0.15, 0.2) is 5.16 Å². The lowest BCUT2D eigenvalue weighted by Crippen LogP contribution is -2.05. The number of aromatic nitrogens is 2. The lowest BCUT2D eigenvalue weighted by Gasteiger charge is -2.10. The smallest absolute Gasteiger partial charge is 0.313 e. The van der Waals surface area contributed by atoms with Crippen LogP contribution >= 0.6 is 35.0 Å². The Bertz CT molecular complexity index is 671. The van der Waals surface area contributed by atoms with E-state index in [1.165, 1.54) is 11.8 Å². The third kappa shape index (κ3) is 4.05. The number of thioether (sulfide) groups is 1. The van der Waals surface area contributed by atoms with Crippen LogP contribution in [0.4, 0.5) is 0 Å². The number of imidazole rings is 1. The van der Waals surface area contributed by atoms with Crippen molar-refractivity contribution in [2.24, 2.45) is 5.92 Å². The van der Waals surface area contributed by atoms with Crippen LogP contribution in [-0.2, 0) is 11.3 Å². The second-order valence-corrected chi connectivity index (χ2v) is 6.92. The molecular weight excluding hydrogens is 331 g/mol. The summed E-state index contributed by atoms with van der Waals surface area (Å²) < 4.78 is 2.02. The van der Waals surface area contributed by atoms with Gasteiger partial charge in [0, 0.05) is 6.54 Å². The molecule has 2 rings (SSSR count). The lowest BCUT2D eigenvalue weighted by molar-refractivity contribution is -0.133. The molecule has 114 valence electrons. The van der Waals surface area contributed by atoms with Crippen molar-refractivity contribution in [2.75, 3.05) is 5.75 Å². The highest BCUT2D eigenvalue weighted by molar-refractivity contribution is 7.99. The fourth-order valence-electron chi connectivity index (χ4n) is 1.94. The Balaban J connectivity index is 2.43. The summed E-state index contributed by atoms with van der Waals surface area (Å²) >= 11 is 13.3. The van der Waals surface area contributed by atoms with Crippen molar-refractivity contribution in [3.05, 3.63) is 22.2 Å². The highest BCUT2D eigenvalue weighted by Gasteiger charge is 2.15. The SMILES string of the molecule is CC(C)CCn1c(SCC(=O)O)nc2cc(Cl)c(Cl)cc21. The fourth-order valence-corrected chi connectivity index (χ4v) is 3.01. The average molecular weight is 347 g/mol. The van der Waals surface area contributed by atoms with Crippen LogP contribution in [0.5, 0.6) is 0 Å². The van der Waals surface area contributed by atoms with E-state index in [-0.39, 0.29) is 5.75 Å². The predicted molar refractivity (Wildman–Crippen MR) is 87.6 cm³/mol. The third-order valence-electron chi connectivity index (χ3n) is 3.01. The maximum absolute atomic E-state index is 10.8. The second kappa shape index (κ2) is 6.90. The number of hydrogen-bond donors (Lipinski definition) is 1. The lowest BCUT2D eigenvalue weighted by atomic mass is 10.1. The molecule has 1 heterocycles. The number of fused-ring (bicyclic) bond motifs is 1. The molecule has 0 unspecified atom stereocenters. The van der Waals surface area contributed by atoms with Crippen molar-refractivity contribution in [1.29, 1.82) is 0 Å². The molecule has 0 aliphatic carbocycles. The van der Waals surface area contributed by atoms with Gasteiger partial charge in [-0.3, -0.25) is 4.79 Å². The van der Waals surface area contributed by atoms with Crippen LogP contribution < -0.4 is 0 Å². The van der Waals surface area contributed by atoms with E-state index in [1.807, 2.05) is 4.57 Å². The highest BCUT2D eigenvalue weighted by atomic mass is 35.5. The Morgan fingerprint density at radius 3 is 2.67 bits per heavy atom. The first kappa shape index (κ1) is 16.5. The zero-order valence-electron chi connectivity index (χ0n) is 11.8. The summed E-state index contributed by atoms with van der Waals surface area (Å²) in [6, 6.07) is 3.51. The van der Waals surface area contributed by atoms with Gasteiger partial charge < -0.3 is 9.67 Å². The van der Waals surface area contributed by atoms with Crippen LogP contribution in [0.25, 0.3) is 11.0 Å². The summed E-state index contributed by atoms with van der Waals surface area (Å²) in [7, 11) is 0. The summed E-state index contributed by atoms with van der Waals surface area (Å²) in [4.78, 5) is 15.3. The van der Waals surface area contributed by atoms with Gasteiger partial charge in [-0.2, -0.15) is 0 Å². The quantitative estimate of drug-likeness (QED) is 0.778. The largest absolute Gasteiger partial charge is 0.481 e. The maximum Gasteiger partial charge on any atom is 0.313 e. The number of aliphatic carboxylic acids is 1. The van der Waals surface area contributed by atoms with E-state index >= 15 is 0 Å². The number of hydrogen-bond acceptors (Lipinski definition) is 3. The van der Waals surface area contributed by atoms with Crippen molar-refractivity contribution in [3.8, 4) is 0 Å². The Kier molecular flexibility index (Phi) is 5.41. The molecule has 7 heteroatoms. The van der Waals surface area contributed by atoms with Gasteiger partial charge in [0.2, 0.25) is 0 Å². The zero-order valence-corrected chi connectivity index (χ0v) is 14.1. The number of nitrogens with zero attached hydrogens (tertiary/aromatic N) is 2. The number of benzene rings is 1. The number of carboxylic acids is 1. The molecule has 0 fully saturated rings. The molecule has 0 saturated carbocycles. The highest BCUT2D eigenvalue weighted by Crippen LogP contribution is 2.31. The van der Waals surface area contributed by atoms with E-state index < -0.39 is 5.97 Å². The minimum Gasteiger partial charge on any atom is -0.481 e. The van der Waals surface area contributed by atoms with Crippen molar-refractivity contribution >= 4 is 52.0 Å². The van der Waals surface area contributed by atoms with E-state index in [1.54, 1.807) is 12.1 Å². The normalized spacial score (nSPS) is 11.5. The van der Waals surface area contributed by atoms with Crippen molar-refractivity contribution in [1.82, 2.24) is 9.55 Å². The van der Waals surface area contributed by atoms with Crippen molar-refractivity contribution in [3.63, 3.8) is 0 Å². The molecule has 4 nitrogen and oxygen atoms in total. The molecular formula is C14H16Cl2N2O2S. The summed E-state index contributed by atoms with van der Waals surface area (Å²) in [6.45, 7) is 5.06. The van der Waals surface area contributed by atoms with Crippen LogP contribution in [-0.4, -0.2) is 26.4 Å². The molecule has 1 N–H and O–H groups in total. The molecule has 1 aromatic carbocycles. The number of rotatable bonds is 6. The van der Waals surface area contributed by atoms with Crippen LogP contribution in [0, 0.1) is 5.92 Å². The van der Waals surface area contributed by atoms with Crippen LogP contribution in [0.3, 0.4) is 0 Å². The van der Waals surface area contributed by atoms with Gasteiger partial charge in [-0.1, -0.05) is 48.8 Å². The van der Waals surface area contributed by atoms with Crippen LogP contribution in [0.2, 0.25) is 10.0 Å². The molecule has 2 aromatic rings. The van der Waals surface area contributed by atoms with Gasteiger partial charge in [0.1, 0.15) is 0 Å². The van der Waals surface area contributed by atoms with E-state index in [9.17, 15) is 4.79 Å². The third-order valence-corrected chi connectivity index (χ3v) is 4.69. The minimum absolute atomic E-state index is 0.0214. The van der Waals surface area contributed by atoms with E-state index in [2.05, 4.69) is 18.8 Å². The fraction of sp³-hybridized carbons (Fsp3) is 0.429.